The molecule has 0 radical (unpaired) electrons. The number of ketones is 1. The number of rotatable bonds is 1. The van der Waals surface area contributed by atoms with E-state index >= 15 is 0 Å². The molecule has 0 saturated heterocycles. The molecule has 0 bridgehead atoms. The quantitative estimate of drug-likeness (QED) is 0.775. The zero-order valence-corrected chi connectivity index (χ0v) is 9.74. The molecule has 0 spiro atoms. The Morgan fingerprint density at radius 1 is 1.12 bits per heavy atom. The third-order valence-electron chi connectivity index (χ3n) is 2.85. The van der Waals surface area contributed by atoms with Crippen molar-refractivity contribution in [3.05, 3.63) is 46.7 Å². The maximum Gasteiger partial charge on any atom is 0.181 e. The van der Waals surface area contributed by atoms with Gasteiger partial charge in [0.15, 0.2) is 11.6 Å². The van der Waals surface area contributed by atoms with Gasteiger partial charge in [-0.2, -0.15) is 0 Å². The monoisotopic (exact) mass is 244 g/mol. The Balaban J connectivity index is 2.08. The zero-order chi connectivity index (χ0) is 11.8. The van der Waals surface area contributed by atoms with Crippen molar-refractivity contribution >= 4 is 17.4 Å². The van der Waals surface area contributed by atoms with Crippen LogP contribution in [0.25, 0.3) is 11.4 Å². The normalized spacial score (nSPS) is 13.8. The summed E-state index contributed by atoms with van der Waals surface area (Å²) in [4.78, 5) is 20.2. The van der Waals surface area contributed by atoms with Gasteiger partial charge in [-0.1, -0.05) is 11.6 Å². The van der Waals surface area contributed by atoms with Crippen LogP contribution in [0.15, 0.2) is 30.5 Å². The lowest BCUT2D eigenvalue weighted by atomic mass is 10.2. The second kappa shape index (κ2) is 3.93. The van der Waals surface area contributed by atoms with Crippen molar-refractivity contribution in [3.8, 4) is 11.4 Å². The second-order valence-corrected chi connectivity index (χ2v) is 4.43. The van der Waals surface area contributed by atoms with Gasteiger partial charge < -0.3 is 0 Å². The molecule has 0 aliphatic heterocycles. The van der Waals surface area contributed by atoms with Gasteiger partial charge in [0.2, 0.25) is 0 Å². The number of benzene rings is 1. The average Bonchev–Trinajstić information content (AvgIpc) is 2.72. The fourth-order valence-corrected chi connectivity index (χ4v) is 2.06. The van der Waals surface area contributed by atoms with Crippen molar-refractivity contribution in [2.24, 2.45) is 0 Å². The lowest BCUT2D eigenvalue weighted by molar-refractivity contribution is 0.0990. The number of aromatic nitrogens is 2. The lowest BCUT2D eigenvalue weighted by Gasteiger charge is -2.02. The summed E-state index contributed by atoms with van der Waals surface area (Å²) < 4.78 is 0. The van der Waals surface area contributed by atoms with Crippen LogP contribution in [0.2, 0.25) is 5.02 Å². The first kappa shape index (κ1) is 10.4. The molecule has 3 nitrogen and oxygen atoms in total. The predicted octanol–water partition coefficient (Wildman–Crippen LogP) is 2.93. The fraction of sp³-hybridized carbons (Fsp3) is 0.154. The van der Waals surface area contributed by atoms with E-state index in [9.17, 15) is 4.79 Å². The number of fused-ring (bicyclic) bond motifs is 1. The first-order valence-electron chi connectivity index (χ1n) is 5.39. The highest BCUT2D eigenvalue weighted by Gasteiger charge is 2.22. The van der Waals surface area contributed by atoms with E-state index < -0.39 is 0 Å². The summed E-state index contributed by atoms with van der Waals surface area (Å²) in [5, 5.41) is 0.672. The molecular weight excluding hydrogens is 236 g/mol. The van der Waals surface area contributed by atoms with E-state index in [2.05, 4.69) is 9.97 Å². The largest absolute Gasteiger partial charge is 0.292 e. The smallest absolute Gasteiger partial charge is 0.181 e. The van der Waals surface area contributed by atoms with Crippen LogP contribution >= 0.6 is 11.6 Å². The Morgan fingerprint density at radius 2 is 1.88 bits per heavy atom. The van der Waals surface area contributed by atoms with Crippen LogP contribution in [-0.2, 0) is 6.42 Å². The van der Waals surface area contributed by atoms with Crippen molar-refractivity contribution in [1.82, 2.24) is 9.97 Å². The van der Waals surface area contributed by atoms with E-state index in [1.54, 1.807) is 18.3 Å². The van der Waals surface area contributed by atoms with Crippen LogP contribution < -0.4 is 0 Å². The molecule has 0 atom stereocenters. The molecule has 17 heavy (non-hydrogen) atoms. The van der Waals surface area contributed by atoms with Gasteiger partial charge in [0.05, 0.1) is 0 Å². The first-order valence-corrected chi connectivity index (χ1v) is 5.77. The molecule has 1 aliphatic rings. The van der Waals surface area contributed by atoms with Gasteiger partial charge in [-0.15, -0.1) is 0 Å². The third-order valence-corrected chi connectivity index (χ3v) is 3.10. The van der Waals surface area contributed by atoms with E-state index in [1.807, 2.05) is 12.1 Å². The number of carbonyl (C=O) groups is 1. The Kier molecular flexibility index (Phi) is 2.41. The number of Topliss-reactive ketones (excluding diaryl/α,β-unsaturated/α-hetero) is 1. The molecule has 0 saturated carbocycles. The maximum absolute atomic E-state index is 11.6. The number of hydrogen-bond acceptors (Lipinski definition) is 3. The molecule has 84 valence electrons. The fourth-order valence-electron chi connectivity index (χ4n) is 1.94. The van der Waals surface area contributed by atoms with Crippen LogP contribution in [0, 0.1) is 0 Å². The molecule has 0 fully saturated rings. The van der Waals surface area contributed by atoms with Gasteiger partial charge in [-0.3, -0.25) is 4.79 Å². The van der Waals surface area contributed by atoms with E-state index in [-0.39, 0.29) is 5.78 Å². The van der Waals surface area contributed by atoms with Gasteiger partial charge in [-0.05, 0) is 30.7 Å². The number of carbonyl (C=O) groups excluding carboxylic acids is 1. The SMILES string of the molecule is O=C1CCc2cnc(-c3ccc(Cl)cc3)nc21. The van der Waals surface area contributed by atoms with Crippen LogP contribution in [0.3, 0.4) is 0 Å². The molecular formula is C13H9ClN2O. The number of nitrogens with zero attached hydrogens (tertiary/aromatic N) is 2. The van der Waals surface area contributed by atoms with Crippen molar-refractivity contribution in [1.29, 1.82) is 0 Å². The Morgan fingerprint density at radius 3 is 2.65 bits per heavy atom. The van der Waals surface area contributed by atoms with Gasteiger partial charge >= 0.3 is 0 Å². The number of aryl methyl sites for hydroxylation is 1. The summed E-state index contributed by atoms with van der Waals surface area (Å²) in [6, 6.07) is 7.28. The molecule has 0 amide bonds. The van der Waals surface area contributed by atoms with E-state index in [0.717, 1.165) is 17.5 Å². The molecule has 0 N–H and O–H groups in total. The van der Waals surface area contributed by atoms with Crippen molar-refractivity contribution in [3.63, 3.8) is 0 Å². The summed E-state index contributed by atoms with van der Waals surface area (Å²) in [7, 11) is 0. The van der Waals surface area contributed by atoms with E-state index in [1.165, 1.54) is 0 Å². The standard InChI is InChI=1S/C13H9ClN2O/c14-10-4-1-8(2-5-10)13-15-7-9-3-6-11(17)12(9)16-13/h1-2,4-5,7H,3,6H2. The second-order valence-electron chi connectivity index (χ2n) is 4.00. The Hall–Kier alpha value is -1.74. The first-order chi connectivity index (χ1) is 8.24. The zero-order valence-electron chi connectivity index (χ0n) is 8.98. The van der Waals surface area contributed by atoms with Crippen LogP contribution in [-0.4, -0.2) is 15.8 Å². The van der Waals surface area contributed by atoms with Crippen molar-refractivity contribution in [2.45, 2.75) is 12.8 Å². The van der Waals surface area contributed by atoms with E-state index in [4.69, 9.17) is 11.6 Å². The van der Waals surface area contributed by atoms with Crippen LogP contribution in [0.1, 0.15) is 22.5 Å². The van der Waals surface area contributed by atoms with Crippen LogP contribution in [0.4, 0.5) is 0 Å². The molecule has 1 heterocycles. The maximum atomic E-state index is 11.6. The average molecular weight is 245 g/mol. The highest BCUT2D eigenvalue weighted by atomic mass is 35.5. The van der Waals surface area contributed by atoms with Gasteiger partial charge in [0.25, 0.3) is 0 Å². The summed E-state index contributed by atoms with van der Waals surface area (Å²) in [5.41, 5.74) is 2.40. The molecule has 0 unspecified atom stereocenters. The minimum Gasteiger partial charge on any atom is -0.292 e. The molecule has 1 aliphatic carbocycles. The predicted molar refractivity (Wildman–Crippen MR) is 65.1 cm³/mol. The van der Waals surface area contributed by atoms with Crippen LogP contribution in [0.5, 0.6) is 0 Å². The summed E-state index contributed by atoms with van der Waals surface area (Å²) in [5.74, 6) is 0.688. The van der Waals surface area contributed by atoms with Gasteiger partial charge in [-0.25, -0.2) is 9.97 Å². The van der Waals surface area contributed by atoms with Gasteiger partial charge in [0.1, 0.15) is 5.69 Å². The summed E-state index contributed by atoms with van der Waals surface area (Å²) >= 11 is 5.82. The topological polar surface area (TPSA) is 42.9 Å². The molecule has 1 aromatic carbocycles. The minimum absolute atomic E-state index is 0.109. The molecule has 1 aromatic heterocycles. The number of halogens is 1. The minimum atomic E-state index is 0.109. The summed E-state index contributed by atoms with van der Waals surface area (Å²) in [6.07, 6.45) is 3.06. The van der Waals surface area contributed by atoms with Crippen molar-refractivity contribution < 1.29 is 4.79 Å². The Bertz CT molecular complexity index is 593. The Labute approximate surface area is 103 Å². The highest BCUT2D eigenvalue weighted by molar-refractivity contribution is 6.30. The molecule has 3 rings (SSSR count). The molecule has 4 heteroatoms. The van der Waals surface area contributed by atoms with E-state index in [0.29, 0.717) is 23.0 Å². The van der Waals surface area contributed by atoms with Crippen molar-refractivity contribution in [2.75, 3.05) is 0 Å². The molecule has 2 aromatic rings. The number of hydrogen-bond donors (Lipinski definition) is 0. The third kappa shape index (κ3) is 1.83. The van der Waals surface area contributed by atoms with Gasteiger partial charge in [0, 0.05) is 28.8 Å². The summed E-state index contributed by atoms with van der Waals surface area (Å²) in [6.45, 7) is 0. The lowest BCUT2D eigenvalue weighted by Crippen LogP contribution is -1.99. The highest BCUT2D eigenvalue weighted by Crippen LogP contribution is 2.23.